The van der Waals surface area contributed by atoms with Crippen LogP contribution in [0.15, 0.2) is 27.8 Å². The molecule has 10 heteroatoms. The van der Waals surface area contributed by atoms with Gasteiger partial charge < -0.3 is 14.0 Å². The molecular formula is C21H25ClN4O5. The van der Waals surface area contributed by atoms with Crippen molar-refractivity contribution in [3.8, 4) is 5.75 Å². The molecule has 0 spiro atoms. The fourth-order valence-corrected chi connectivity index (χ4v) is 3.41. The zero-order valence-corrected chi connectivity index (χ0v) is 18.7. The van der Waals surface area contributed by atoms with E-state index in [1.165, 1.54) is 9.13 Å². The van der Waals surface area contributed by atoms with Crippen molar-refractivity contribution in [3.05, 3.63) is 55.4 Å². The summed E-state index contributed by atoms with van der Waals surface area (Å²) in [6, 6.07) is 5.11. The molecule has 0 bridgehead atoms. The molecule has 1 unspecified atom stereocenters. The predicted octanol–water partition coefficient (Wildman–Crippen LogP) is 2.70. The Kier molecular flexibility index (Phi) is 6.84. The van der Waals surface area contributed by atoms with E-state index in [2.05, 4.69) is 9.97 Å². The second-order valence-corrected chi connectivity index (χ2v) is 7.74. The molecule has 3 aromatic rings. The number of carbonyl (C=O) groups excluding carboxylic acids is 1. The molecular weight excluding hydrogens is 424 g/mol. The number of aromatic amines is 1. The summed E-state index contributed by atoms with van der Waals surface area (Å²) in [5.74, 6) is 0.293. The van der Waals surface area contributed by atoms with Gasteiger partial charge in [-0.05, 0) is 44.0 Å². The molecule has 0 aliphatic carbocycles. The molecule has 1 N–H and O–H groups in total. The molecule has 0 radical (unpaired) electrons. The van der Waals surface area contributed by atoms with Crippen molar-refractivity contribution in [1.29, 1.82) is 0 Å². The van der Waals surface area contributed by atoms with Crippen molar-refractivity contribution in [2.75, 3.05) is 0 Å². The molecule has 0 saturated heterocycles. The van der Waals surface area contributed by atoms with Crippen LogP contribution in [0.5, 0.6) is 5.75 Å². The van der Waals surface area contributed by atoms with Crippen molar-refractivity contribution in [3.63, 3.8) is 0 Å². The molecule has 2 aromatic heterocycles. The maximum Gasteiger partial charge on any atom is 0.347 e. The first kappa shape index (κ1) is 22.6. The number of esters is 1. The molecule has 1 aromatic carbocycles. The number of rotatable bonds is 8. The highest BCUT2D eigenvalue weighted by molar-refractivity contribution is 6.30. The number of aryl methyl sites for hydroxylation is 3. The SMILES string of the molecule is CCCCn1c(=O)[nH]c(=O)c2c1nc(COC(=O)C(C)Oc1ccc(Cl)cc1C)n2C. The molecule has 0 aliphatic heterocycles. The van der Waals surface area contributed by atoms with Crippen LogP contribution in [0.1, 0.15) is 38.1 Å². The molecule has 0 aliphatic rings. The first-order valence-corrected chi connectivity index (χ1v) is 10.4. The minimum absolute atomic E-state index is 0.168. The number of ether oxygens (including phenoxy) is 2. The zero-order valence-electron chi connectivity index (χ0n) is 17.9. The fraction of sp³-hybridized carbons (Fsp3) is 0.429. The Morgan fingerprint density at radius 1 is 1.32 bits per heavy atom. The summed E-state index contributed by atoms with van der Waals surface area (Å²) in [6.07, 6.45) is 0.789. The van der Waals surface area contributed by atoms with Crippen LogP contribution in [-0.4, -0.2) is 31.2 Å². The molecule has 2 heterocycles. The van der Waals surface area contributed by atoms with E-state index >= 15 is 0 Å². The number of aromatic nitrogens is 4. The molecule has 31 heavy (non-hydrogen) atoms. The predicted molar refractivity (Wildman–Crippen MR) is 117 cm³/mol. The number of H-pyrrole nitrogens is 1. The van der Waals surface area contributed by atoms with Gasteiger partial charge in [0.2, 0.25) is 0 Å². The van der Waals surface area contributed by atoms with Gasteiger partial charge in [0.25, 0.3) is 5.56 Å². The van der Waals surface area contributed by atoms with E-state index in [1.807, 2.05) is 13.8 Å². The second kappa shape index (κ2) is 9.38. The van der Waals surface area contributed by atoms with E-state index in [0.29, 0.717) is 23.1 Å². The maximum atomic E-state index is 12.4. The summed E-state index contributed by atoms with van der Waals surface area (Å²) in [6.45, 7) is 5.68. The van der Waals surface area contributed by atoms with E-state index in [-0.39, 0.29) is 17.8 Å². The third-order valence-corrected chi connectivity index (χ3v) is 5.19. The maximum absolute atomic E-state index is 12.4. The van der Waals surface area contributed by atoms with E-state index in [4.69, 9.17) is 21.1 Å². The number of imidazole rings is 1. The minimum Gasteiger partial charge on any atom is -0.479 e. The van der Waals surface area contributed by atoms with Gasteiger partial charge in [-0.25, -0.2) is 14.6 Å². The van der Waals surface area contributed by atoms with Crippen molar-refractivity contribution in [1.82, 2.24) is 19.1 Å². The standard InChI is InChI=1S/C21H25ClN4O5/c1-5-6-9-26-18-17(19(27)24-21(26)29)25(4)16(23-18)11-30-20(28)13(3)31-15-8-7-14(22)10-12(15)2/h7-8,10,13H,5-6,9,11H2,1-4H3,(H,24,27,29). The second-order valence-electron chi connectivity index (χ2n) is 7.30. The molecule has 3 rings (SSSR count). The Bertz CT molecular complexity index is 1230. The van der Waals surface area contributed by atoms with Crippen LogP contribution in [0.25, 0.3) is 11.2 Å². The van der Waals surface area contributed by atoms with Crippen LogP contribution >= 0.6 is 11.6 Å². The van der Waals surface area contributed by atoms with Gasteiger partial charge in [-0.1, -0.05) is 24.9 Å². The third kappa shape index (κ3) is 4.82. The van der Waals surface area contributed by atoms with Gasteiger partial charge in [-0.15, -0.1) is 0 Å². The number of carbonyl (C=O) groups is 1. The Balaban J connectivity index is 1.78. The quantitative estimate of drug-likeness (QED) is 0.531. The number of hydrogen-bond donors (Lipinski definition) is 1. The summed E-state index contributed by atoms with van der Waals surface area (Å²) < 4.78 is 14.0. The molecule has 166 valence electrons. The van der Waals surface area contributed by atoms with Gasteiger partial charge in [0.15, 0.2) is 17.3 Å². The number of benzene rings is 1. The van der Waals surface area contributed by atoms with Crippen molar-refractivity contribution >= 4 is 28.7 Å². The lowest BCUT2D eigenvalue weighted by Crippen LogP contribution is -2.31. The molecule has 0 fully saturated rings. The van der Waals surface area contributed by atoms with E-state index in [9.17, 15) is 14.4 Å². The summed E-state index contributed by atoms with van der Waals surface area (Å²) in [7, 11) is 1.64. The van der Waals surface area contributed by atoms with Crippen molar-refractivity contribution in [2.24, 2.45) is 7.05 Å². The van der Waals surface area contributed by atoms with E-state index in [1.54, 1.807) is 32.2 Å². The molecule has 9 nitrogen and oxygen atoms in total. The first-order chi connectivity index (χ1) is 14.7. The largest absolute Gasteiger partial charge is 0.479 e. The van der Waals surface area contributed by atoms with Crippen LogP contribution in [-0.2, 0) is 29.7 Å². The van der Waals surface area contributed by atoms with E-state index in [0.717, 1.165) is 18.4 Å². The van der Waals surface area contributed by atoms with Gasteiger partial charge in [0, 0.05) is 18.6 Å². The molecule has 0 amide bonds. The van der Waals surface area contributed by atoms with E-state index < -0.39 is 23.3 Å². The lowest BCUT2D eigenvalue weighted by molar-refractivity contribution is -0.152. The average Bonchev–Trinajstić information content (AvgIpc) is 3.04. The Morgan fingerprint density at radius 2 is 2.06 bits per heavy atom. The van der Waals surface area contributed by atoms with Gasteiger partial charge in [0.05, 0.1) is 0 Å². The number of nitrogens with one attached hydrogen (secondary N) is 1. The van der Waals surface area contributed by atoms with Gasteiger partial charge in [-0.3, -0.25) is 14.3 Å². The number of hydrogen-bond acceptors (Lipinski definition) is 6. The highest BCUT2D eigenvalue weighted by Crippen LogP contribution is 2.23. The Hall–Kier alpha value is -3.07. The van der Waals surface area contributed by atoms with Gasteiger partial charge >= 0.3 is 11.7 Å². The number of halogens is 1. The normalized spacial score (nSPS) is 12.2. The van der Waals surface area contributed by atoms with Gasteiger partial charge in [-0.2, -0.15) is 0 Å². The van der Waals surface area contributed by atoms with Crippen LogP contribution in [0.3, 0.4) is 0 Å². The number of unbranched alkanes of at least 4 members (excludes halogenated alkanes) is 1. The fourth-order valence-electron chi connectivity index (χ4n) is 3.18. The number of nitrogens with zero attached hydrogens (tertiary/aromatic N) is 3. The Labute approximate surface area is 183 Å². The lowest BCUT2D eigenvalue weighted by atomic mass is 10.2. The topological polar surface area (TPSA) is 108 Å². The Morgan fingerprint density at radius 3 is 2.74 bits per heavy atom. The molecule has 1 atom stereocenters. The summed E-state index contributed by atoms with van der Waals surface area (Å²) in [4.78, 5) is 43.6. The minimum atomic E-state index is -0.860. The summed E-state index contributed by atoms with van der Waals surface area (Å²) in [5, 5.41) is 0.578. The highest BCUT2D eigenvalue weighted by Gasteiger charge is 2.21. The lowest BCUT2D eigenvalue weighted by Gasteiger charge is -2.15. The summed E-state index contributed by atoms with van der Waals surface area (Å²) in [5.41, 5.74) is 0.287. The highest BCUT2D eigenvalue weighted by atomic mass is 35.5. The van der Waals surface area contributed by atoms with Crippen molar-refractivity contribution in [2.45, 2.75) is 52.9 Å². The number of fused-ring (bicyclic) bond motifs is 1. The summed E-state index contributed by atoms with van der Waals surface area (Å²) >= 11 is 5.94. The van der Waals surface area contributed by atoms with Crippen LogP contribution in [0.2, 0.25) is 5.02 Å². The van der Waals surface area contributed by atoms with Crippen LogP contribution < -0.4 is 16.0 Å². The monoisotopic (exact) mass is 448 g/mol. The smallest absolute Gasteiger partial charge is 0.347 e. The van der Waals surface area contributed by atoms with Crippen LogP contribution in [0, 0.1) is 6.92 Å². The van der Waals surface area contributed by atoms with Crippen LogP contribution in [0.4, 0.5) is 0 Å². The third-order valence-electron chi connectivity index (χ3n) is 4.96. The average molecular weight is 449 g/mol. The van der Waals surface area contributed by atoms with Gasteiger partial charge in [0.1, 0.15) is 18.2 Å². The zero-order chi connectivity index (χ0) is 22.7. The van der Waals surface area contributed by atoms with Crippen molar-refractivity contribution < 1.29 is 14.3 Å². The molecule has 0 saturated carbocycles. The first-order valence-electron chi connectivity index (χ1n) is 10.0.